The molecule has 0 saturated heterocycles. The van der Waals surface area contributed by atoms with E-state index in [1.807, 2.05) is 29.7 Å². The third kappa shape index (κ3) is 6.13. The molecule has 1 aromatic heterocycles. The number of hydrogen-bond acceptors (Lipinski definition) is 5. The topological polar surface area (TPSA) is 74.6 Å². The molecule has 27 heavy (non-hydrogen) atoms. The van der Waals surface area contributed by atoms with Crippen LogP contribution in [-0.4, -0.2) is 42.1 Å². The Balaban J connectivity index is 2.21. The summed E-state index contributed by atoms with van der Waals surface area (Å²) in [4.78, 5) is 16.7. The normalized spacial score (nSPS) is 10.9. The molecule has 0 saturated carbocycles. The largest absolute Gasteiger partial charge is 0.491 e. The minimum absolute atomic E-state index is 0.209. The molecule has 0 spiro atoms. The number of ether oxygens (including phenoxy) is 3. The molecule has 0 radical (unpaired) electrons. The molecular formula is C20H31N3O4. The van der Waals surface area contributed by atoms with E-state index in [4.69, 9.17) is 14.2 Å². The fraction of sp³-hybridized carbons (Fsp3) is 0.600. The fourth-order valence-electron chi connectivity index (χ4n) is 2.69. The van der Waals surface area contributed by atoms with Crippen LogP contribution < -0.4 is 10.1 Å². The van der Waals surface area contributed by atoms with Crippen LogP contribution in [0.25, 0.3) is 11.0 Å². The van der Waals surface area contributed by atoms with Crippen LogP contribution in [0.3, 0.4) is 0 Å². The number of carbonyl (C=O) groups is 1. The van der Waals surface area contributed by atoms with Crippen molar-refractivity contribution < 1.29 is 19.0 Å². The van der Waals surface area contributed by atoms with Gasteiger partial charge in [-0.25, -0.2) is 9.78 Å². The average molecular weight is 377 g/mol. The number of anilines is 1. The van der Waals surface area contributed by atoms with Gasteiger partial charge in [-0.1, -0.05) is 32.8 Å². The van der Waals surface area contributed by atoms with Crippen LogP contribution in [0, 0.1) is 0 Å². The Hall–Kier alpha value is -2.28. The van der Waals surface area contributed by atoms with Gasteiger partial charge in [0.25, 0.3) is 0 Å². The molecule has 0 aliphatic carbocycles. The zero-order chi connectivity index (χ0) is 19.5. The second kappa shape index (κ2) is 11.4. The zero-order valence-electron chi connectivity index (χ0n) is 16.6. The van der Waals surface area contributed by atoms with Gasteiger partial charge in [-0.15, -0.1) is 0 Å². The standard InChI is InChI=1S/C20H31N3O4/c1-4-7-12-23-18-16(10-9-11-17(18)26-13-8-5-2)21-19(23)22-20(24)27-15-14-25-6-3/h9-11H,4-8,12-15H2,1-3H3,(H,21,22,24). The van der Waals surface area contributed by atoms with E-state index in [0.717, 1.165) is 49.0 Å². The summed E-state index contributed by atoms with van der Waals surface area (Å²) in [5.74, 6) is 1.27. The number of hydrogen-bond donors (Lipinski definition) is 1. The van der Waals surface area contributed by atoms with Gasteiger partial charge >= 0.3 is 6.09 Å². The summed E-state index contributed by atoms with van der Waals surface area (Å²) in [6.07, 6.45) is 3.55. The molecule has 7 heteroatoms. The maximum atomic E-state index is 12.1. The molecule has 0 aliphatic rings. The number of nitrogens with zero attached hydrogens (tertiary/aromatic N) is 2. The minimum atomic E-state index is -0.531. The lowest BCUT2D eigenvalue weighted by atomic mass is 10.2. The van der Waals surface area contributed by atoms with Gasteiger partial charge in [-0.3, -0.25) is 5.32 Å². The first-order chi connectivity index (χ1) is 13.2. The number of nitrogens with one attached hydrogen (secondary N) is 1. The van der Waals surface area contributed by atoms with Crippen molar-refractivity contribution in [2.45, 2.75) is 53.0 Å². The maximum absolute atomic E-state index is 12.1. The number of aryl methyl sites for hydroxylation is 1. The summed E-state index contributed by atoms with van der Waals surface area (Å²) < 4.78 is 18.3. The van der Waals surface area contributed by atoms with Crippen LogP contribution in [0.4, 0.5) is 10.7 Å². The lowest BCUT2D eigenvalue weighted by Crippen LogP contribution is -2.19. The highest BCUT2D eigenvalue weighted by Crippen LogP contribution is 2.29. The highest BCUT2D eigenvalue weighted by Gasteiger charge is 2.17. The zero-order valence-corrected chi connectivity index (χ0v) is 16.6. The van der Waals surface area contributed by atoms with Crippen molar-refractivity contribution in [1.82, 2.24) is 9.55 Å². The van der Waals surface area contributed by atoms with Gasteiger partial charge in [0, 0.05) is 13.2 Å². The van der Waals surface area contributed by atoms with Crippen molar-refractivity contribution in [3.05, 3.63) is 18.2 Å². The van der Waals surface area contributed by atoms with E-state index in [2.05, 4.69) is 24.1 Å². The number of fused-ring (bicyclic) bond motifs is 1. The smallest absolute Gasteiger partial charge is 0.414 e. The van der Waals surface area contributed by atoms with Gasteiger partial charge < -0.3 is 18.8 Å². The number of unbranched alkanes of at least 4 members (excludes halogenated alkanes) is 2. The summed E-state index contributed by atoms with van der Waals surface area (Å²) in [6, 6.07) is 5.80. The molecule has 7 nitrogen and oxygen atoms in total. The first kappa shape index (κ1) is 21.0. The van der Waals surface area contributed by atoms with E-state index in [9.17, 15) is 4.79 Å². The lowest BCUT2D eigenvalue weighted by molar-refractivity contribution is 0.0849. The molecule has 0 bridgehead atoms. The molecule has 0 aliphatic heterocycles. The van der Waals surface area contributed by atoms with Crippen molar-refractivity contribution in [3.8, 4) is 5.75 Å². The summed E-state index contributed by atoms with van der Waals surface area (Å²) in [7, 11) is 0. The molecule has 1 aromatic carbocycles. The predicted molar refractivity (Wildman–Crippen MR) is 107 cm³/mol. The molecule has 0 fully saturated rings. The quantitative estimate of drug-likeness (QED) is 0.547. The van der Waals surface area contributed by atoms with Crippen molar-refractivity contribution in [3.63, 3.8) is 0 Å². The number of amides is 1. The van der Waals surface area contributed by atoms with Crippen LogP contribution >= 0.6 is 0 Å². The van der Waals surface area contributed by atoms with Crippen LogP contribution in [0.15, 0.2) is 18.2 Å². The Kier molecular flexibility index (Phi) is 8.91. The number of para-hydroxylation sites is 1. The molecular weight excluding hydrogens is 346 g/mol. The molecule has 0 atom stereocenters. The maximum Gasteiger partial charge on any atom is 0.414 e. The van der Waals surface area contributed by atoms with E-state index in [1.165, 1.54) is 0 Å². The van der Waals surface area contributed by atoms with Crippen LogP contribution in [0.1, 0.15) is 46.5 Å². The molecule has 150 valence electrons. The van der Waals surface area contributed by atoms with E-state index in [-0.39, 0.29) is 6.61 Å². The SMILES string of the molecule is CCCCOc1cccc2nc(NC(=O)OCCOCC)n(CCCC)c12. The van der Waals surface area contributed by atoms with Gasteiger partial charge in [0.1, 0.15) is 17.9 Å². The van der Waals surface area contributed by atoms with Gasteiger partial charge in [-0.2, -0.15) is 0 Å². The Morgan fingerprint density at radius 2 is 1.93 bits per heavy atom. The van der Waals surface area contributed by atoms with E-state index in [0.29, 0.717) is 25.8 Å². The van der Waals surface area contributed by atoms with Gasteiger partial charge in [0.05, 0.1) is 18.7 Å². The minimum Gasteiger partial charge on any atom is -0.491 e. The lowest BCUT2D eigenvalue weighted by Gasteiger charge is -2.12. The summed E-state index contributed by atoms with van der Waals surface area (Å²) in [5.41, 5.74) is 1.70. The van der Waals surface area contributed by atoms with Gasteiger partial charge in [-0.05, 0) is 31.9 Å². The van der Waals surface area contributed by atoms with Gasteiger partial charge in [0.15, 0.2) is 0 Å². The summed E-state index contributed by atoms with van der Waals surface area (Å²) in [6.45, 7) is 8.76. The first-order valence-electron chi connectivity index (χ1n) is 9.84. The van der Waals surface area contributed by atoms with Crippen molar-refractivity contribution >= 4 is 23.1 Å². The third-order valence-corrected chi connectivity index (χ3v) is 4.10. The average Bonchev–Trinajstić information content (AvgIpc) is 3.01. The fourth-order valence-corrected chi connectivity index (χ4v) is 2.69. The van der Waals surface area contributed by atoms with Crippen LogP contribution in [0.2, 0.25) is 0 Å². The van der Waals surface area contributed by atoms with E-state index in [1.54, 1.807) is 0 Å². The number of benzene rings is 1. The molecule has 1 heterocycles. The molecule has 0 unspecified atom stereocenters. The molecule has 2 rings (SSSR count). The Morgan fingerprint density at radius 3 is 2.67 bits per heavy atom. The second-order valence-corrected chi connectivity index (χ2v) is 6.22. The van der Waals surface area contributed by atoms with Crippen molar-refractivity contribution in [2.24, 2.45) is 0 Å². The summed E-state index contributed by atoms with van der Waals surface area (Å²) in [5, 5.41) is 2.76. The summed E-state index contributed by atoms with van der Waals surface area (Å²) >= 11 is 0. The number of carbonyl (C=O) groups excluding carboxylic acids is 1. The Bertz CT molecular complexity index is 715. The van der Waals surface area contributed by atoms with E-state index < -0.39 is 6.09 Å². The highest BCUT2D eigenvalue weighted by molar-refractivity contribution is 5.89. The number of aromatic nitrogens is 2. The van der Waals surface area contributed by atoms with Crippen molar-refractivity contribution in [2.75, 3.05) is 31.7 Å². The van der Waals surface area contributed by atoms with Crippen LogP contribution in [-0.2, 0) is 16.0 Å². The third-order valence-electron chi connectivity index (χ3n) is 4.10. The highest BCUT2D eigenvalue weighted by atomic mass is 16.6. The first-order valence-corrected chi connectivity index (χ1v) is 9.84. The molecule has 2 aromatic rings. The Morgan fingerprint density at radius 1 is 1.11 bits per heavy atom. The van der Waals surface area contributed by atoms with E-state index >= 15 is 0 Å². The number of rotatable bonds is 12. The number of imidazole rings is 1. The molecule has 1 N–H and O–H groups in total. The monoisotopic (exact) mass is 377 g/mol. The second-order valence-electron chi connectivity index (χ2n) is 6.22. The predicted octanol–water partition coefficient (Wildman–Crippen LogP) is 4.60. The van der Waals surface area contributed by atoms with Crippen LogP contribution in [0.5, 0.6) is 5.75 Å². The van der Waals surface area contributed by atoms with Gasteiger partial charge in [0.2, 0.25) is 5.95 Å². The molecule has 1 amide bonds. The Labute approximate surface area is 161 Å². The van der Waals surface area contributed by atoms with Crippen molar-refractivity contribution in [1.29, 1.82) is 0 Å².